The van der Waals surface area contributed by atoms with E-state index in [-0.39, 0.29) is 0 Å². The molecule has 3 aromatic carbocycles. The van der Waals surface area contributed by atoms with Crippen LogP contribution >= 0.6 is 22.6 Å². The van der Waals surface area contributed by atoms with Crippen LogP contribution in [0.5, 0.6) is 11.5 Å². The lowest BCUT2D eigenvalue weighted by atomic mass is 10.1. The van der Waals surface area contributed by atoms with E-state index in [9.17, 15) is 0 Å². The van der Waals surface area contributed by atoms with E-state index in [0.717, 1.165) is 38.4 Å². The lowest BCUT2D eigenvalue weighted by Gasteiger charge is -2.16. The number of ether oxygens (including phenoxy) is 2. The largest absolute Gasteiger partial charge is 0.490 e. The second-order valence-corrected chi connectivity index (χ2v) is 7.50. The first-order valence-electron chi connectivity index (χ1n) is 9.08. The topological polar surface area (TPSA) is 30.5 Å². The first-order chi connectivity index (χ1) is 13.2. The third kappa shape index (κ3) is 5.63. The van der Waals surface area contributed by atoms with Crippen LogP contribution in [0.25, 0.3) is 0 Å². The van der Waals surface area contributed by atoms with Gasteiger partial charge in [-0.3, -0.25) is 0 Å². The fourth-order valence-electron chi connectivity index (χ4n) is 2.82. The van der Waals surface area contributed by atoms with E-state index in [1.807, 2.05) is 25.1 Å². The first kappa shape index (κ1) is 19.5. The van der Waals surface area contributed by atoms with E-state index in [0.29, 0.717) is 13.2 Å². The molecule has 140 valence electrons. The Morgan fingerprint density at radius 1 is 0.889 bits per heavy atom. The van der Waals surface area contributed by atoms with Gasteiger partial charge in [0, 0.05) is 12.2 Å². The van der Waals surface area contributed by atoms with Crippen molar-refractivity contribution >= 4 is 28.3 Å². The van der Waals surface area contributed by atoms with Crippen molar-refractivity contribution in [1.82, 2.24) is 0 Å². The van der Waals surface area contributed by atoms with Gasteiger partial charge in [0.25, 0.3) is 0 Å². The van der Waals surface area contributed by atoms with Crippen molar-refractivity contribution in [3.63, 3.8) is 0 Å². The van der Waals surface area contributed by atoms with Gasteiger partial charge in [0.05, 0.1) is 10.2 Å². The summed E-state index contributed by atoms with van der Waals surface area (Å²) in [5.74, 6) is 1.60. The second-order valence-electron chi connectivity index (χ2n) is 6.34. The summed E-state index contributed by atoms with van der Waals surface area (Å²) < 4.78 is 13.0. The van der Waals surface area contributed by atoms with Crippen molar-refractivity contribution in [2.45, 2.75) is 27.0 Å². The van der Waals surface area contributed by atoms with Crippen LogP contribution < -0.4 is 14.8 Å². The Hall–Kier alpha value is -2.21. The van der Waals surface area contributed by atoms with Gasteiger partial charge >= 0.3 is 0 Å². The Balaban J connectivity index is 1.74. The summed E-state index contributed by atoms with van der Waals surface area (Å²) >= 11 is 2.32. The highest BCUT2D eigenvalue weighted by Crippen LogP contribution is 2.35. The van der Waals surface area contributed by atoms with Crippen molar-refractivity contribution in [3.05, 3.63) is 87.0 Å². The SMILES string of the molecule is CCOc1cc(CNc2cccc(C)c2)cc(I)c1OCc1ccccc1. The Morgan fingerprint density at radius 3 is 2.44 bits per heavy atom. The third-order valence-electron chi connectivity index (χ3n) is 4.11. The van der Waals surface area contributed by atoms with Crippen LogP contribution in [-0.2, 0) is 13.2 Å². The van der Waals surface area contributed by atoms with E-state index in [2.05, 4.69) is 83.4 Å². The molecule has 0 heterocycles. The fraction of sp³-hybridized carbons (Fsp3) is 0.217. The summed E-state index contributed by atoms with van der Waals surface area (Å²) in [6.45, 7) is 5.95. The lowest BCUT2D eigenvalue weighted by Crippen LogP contribution is -2.05. The van der Waals surface area contributed by atoms with Crippen LogP contribution in [0.3, 0.4) is 0 Å². The highest BCUT2D eigenvalue weighted by Gasteiger charge is 2.12. The molecule has 0 aliphatic rings. The van der Waals surface area contributed by atoms with E-state index in [1.54, 1.807) is 0 Å². The normalized spacial score (nSPS) is 10.5. The maximum atomic E-state index is 6.09. The van der Waals surface area contributed by atoms with Crippen molar-refractivity contribution in [2.75, 3.05) is 11.9 Å². The molecule has 0 atom stereocenters. The van der Waals surface area contributed by atoms with Crippen LogP contribution in [0.2, 0.25) is 0 Å². The molecule has 0 bridgehead atoms. The summed E-state index contributed by atoms with van der Waals surface area (Å²) in [4.78, 5) is 0. The molecule has 4 heteroatoms. The molecule has 0 fully saturated rings. The lowest BCUT2D eigenvalue weighted by molar-refractivity contribution is 0.267. The molecule has 27 heavy (non-hydrogen) atoms. The molecule has 0 radical (unpaired) electrons. The number of aryl methyl sites for hydroxylation is 1. The molecule has 3 rings (SSSR count). The molecule has 0 spiro atoms. The monoisotopic (exact) mass is 473 g/mol. The standard InChI is InChI=1S/C23H24INO2/c1-3-26-22-14-19(15-25-20-11-7-8-17(2)12-20)13-21(24)23(22)27-16-18-9-5-4-6-10-18/h4-14,25H,3,15-16H2,1-2H3. The highest BCUT2D eigenvalue weighted by atomic mass is 127. The molecule has 0 saturated heterocycles. The number of hydrogen-bond acceptors (Lipinski definition) is 3. The van der Waals surface area contributed by atoms with Crippen LogP contribution in [0.4, 0.5) is 5.69 Å². The zero-order valence-electron chi connectivity index (χ0n) is 15.7. The molecule has 0 amide bonds. The Bertz CT molecular complexity index is 881. The van der Waals surface area contributed by atoms with Gasteiger partial charge in [-0.1, -0.05) is 42.5 Å². The quantitative estimate of drug-likeness (QED) is 0.396. The first-order valence-corrected chi connectivity index (χ1v) is 10.2. The van der Waals surface area contributed by atoms with Crippen LogP contribution in [0.1, 0.15) is 23.6 Å². The molecule has 0 aliphatic carbocycles. The van der Waals surface area contributed by atoms with Gasteiger partial charge in [0.1, 0.15) is 6.61 Å². The minimum atomic E-state index is 0.526. The van der Waals surface area contributed by atoms with Gasteiger partial charge in [-0.15, -0.1) is 0 Å². The van der Waals surface area contributed by atoms with Gasteiger partial charge in [-0.2, -0.15) is 0 Å². The van der Waals surface area contributed by atoms with Crippen LogP contribution in [-0.4, -0.2) is 6.61 Å². The number of anilines is 1. The van der Waals surface area contributed by atoms with E-state index in [1.165, 1.54) is 5.56 Å². The molecule has 0 aliphatic heterocycles. The minimum absolute atomic E-state index is 0.526. The summed E-state index contributed by atoms with van der Waals surface area (Å²) in [5.41, 5.74) is 4.67. The summed E-state index contributed by atoms with van der Waals surface area (Å²) in [7, 11) is 0. The molecule has 1 N–H and O–H groups in total. The number of hydrogen-bond donors (Lipinski definition) is 1. The summed E-state index contributed by atoms with van der Waals surface area (Å²) in [5, 5.41) is 3.48. The molecule has 3 nitrogen and oxygen atoms in total. The molecule has 0 aromatic heterocycles. The molecular weight excluding hydrogens is 449 g/mol. The van der Waals surface area contributed by atoms with Gasteiger partial charge in [0.15, 0.2) is 11.5 Å². The molecule has 0 unspecified atom stereocenters. The van der Waals surface area contributed by atoms with Crippen molar-refractivity contribution < 1.29 is 9.47 Å². The van der Waals surface area contributed by atoms with Crippen LogP contribution in [0.15, 0.2) is 66.7 Å². The summed E-state index contributed by atoms with van der Waals surface area (Å²) in [6, 6.07) is 22.8. The van der Waals surface area contributed by atoms with Crippen molar-refractivity contribution in [1.29, 1.82) is 0 Å². The van der Waals surface area contributed by atoms with Gasteiger partial charge in [0.2, 0.25) is 0 Å². The van der Waals surface area contributed by atoms with Crippen molar-refractivity contribution in [3.8, 4) is 11.5 Å². The van der Waals surface area contributed by atoms with Crippen molar-refractivity contribution in [2.24, 2.45) is 0 Å². The average Bonchev–Trinajstić information content (AvgIpc) is 2.67. The Labute approximate surface area is 174 Å². The smallest absolute Gasteiger partial charge is 0.174 e. The van der Waals surface area contributed by atoms with Crippen LogP contribution in [0, 0.1) is 10.5 Å². The predicted molar refractivity (Wildman–Crippen MR) is 120 cm³/mol. The highest BCUT2D eigenvalue weighted by molar-refractivity contribution is 14.1. The molecule has 0 saturated carbocycles. The predicted octanol–water partition coefficient (Wildman–Crippen LogP) is 6.19. The summed E-state index contributed by atoms with van der Waals surface area (Å²) in [6.07, 6.45) is 0. The number of benzene rings is 3. The zero-order valence-corrected chi connectivity index (χ0v) is 17.8. The minimum Gasteiger partial charge on any atom is -0.490 e. The number of halogens is 1. The van der Waals surface area contributed by atoms with Gasteiger partial charge in [-0.05, 0) is 77.4 Å². The number of rotatable bonds is 8. The van der Waals surface area contributed by atoms with E-state index >= 15 is 0 Å². The van der Waals surface area contributed by atoms with Gasteiger partial charge in [-0.25, -0.2) is 0 Å². The maximum absolute atomic E-state index is 6.09. The van der Waals surface area contributed by atoms with E-state index in [4.69, 9.17) is 9.47 Å². The van der Waals surface area contributed by atoms with Gasteiger partial charge < -0.3 is 14.8 Å². The van der Waals surface area contributed by atoms with E-state index < -0.39 is 0 Å². The third-order valence-corrected chi connectivity index (χ3v) is 4.91. The molecular formula is C23H24INO2. The Kier molecular flexibility index (Phi) is 6.98. The number of nitrogens with one attached hydrogen (secondary N) is 1. The Morgan fingerprint density at radius 2 is 1.70 bits per heavy atom. The zero-order chi connectivity index (χ0) is 19.1. The second kappa shape index (κ2) is 9.65. The average molecular weight is 473 g/mol. The fourth-order valence-corrected chi connectivity index (χ4v) is 3.64. The maximum Gasteiger partial charge on any atom is 0.174 e. The molecule has 3 aromatic rings.